The molecule has 2 heteroatoms. The Labute approximate surface area is 189 Å². The number of rotatable bonds is 13. The van der Waals surface area contributed by atoms with E-state index in [2.05, 4.69) is 79.7 Å². The van der Waals surface area contributed by atoms with Gasteiger partial charge in [0.05, 0.1) is 0 Å². The first-order valence-corrected chi connectivity index (χ1v) is 13.9. The van der Waals surface area contributed by atoms with Crippen molar-refractivity contribution in [2.24, 2.45) is 0 Å². The Morgan fingerprint density at radius 3 is 1.29 bits per heavy atom. The van der Waals surface area contributed by atoms with Gasteiger partial charge in [0.2, 0.25) is 5.91 Å². The van der Waals surface area contributed by atoms with Crippen LogP contribution in [0.3, 0.4) is 0 Å². The number of hydrogen-bond donors (Lipinski definition) is 0. The largest absolute Gasteiger partial charge is 0.219 e. The molecule has 0 saturated carbocycles. The molecule has 3 aromatic carbocycles. The highest BCUT2D eigenvalue weighted by atomic mass is 31.2. The summed E-state index contributed by atoms with van der Waals surface area (Å²) >= 11 is 0. The van der Waals surface area contributed by atoms with Gasteiger partial charge in [0.1, 0.15) is 23.2 Å². The van der Waals surface area contributed by atoms with Crippen LogP contribution in [0, 0.1) is 0 Å². The number of unbranched alkanes of at least 4 members (excludes halogenated alkanes) is 7. The van der Waals surface area contributed by atoms with E-state index in [0.717, 1.165) is 28.8 Å². The lowest BCUT2D eigenvalue weighted by Gasteiger charge is -2.30. The Balaban J connectivity index is 1.84. The third kappa shape index (κ3) is 6.05. The molecule has 0 N–H and O–H groups in total. The molecule has 0 aliphatic carbocycles. The first kappa shape index (κ1) is 23.7. The Morgan fingerprint density at radius 1 is 0.548 bits per heavy atom. The van der Waals surface area contributed by atoms with Crippen molar-refractivity contribution in [1.29, 1.82) is 0 Å². The van der Waals surface area contributed by atoms with E-state index in [9.17, 15) is 0 Å². The van der Waals surface area contributed by atoms with E-state index in [1.54, 1.807) is 0 Å². The van der Waals surface area contributed by atoms with Gasteiger partial charge in [-0.1, -0.05) is 106 Å². The summed E-state index contributed by atoms with van der Waals surface area (Å²) in [4.78, 5) is 0. The summed E-state index contributed by atoms with van der Waals surface area (Å²) in [6.07, 6.45) is 10.5. The van der Waals surface area contributed by atoms with E-state index in [0.29, 0.717) is 6.42 Å². The number of halogens is 1. The lowest BCUT2D eigenvalue weighted by atomic mass is 10.1. The Bertz CT molecular complexity index is 751. The van der Waals surface area contributed by atoms with E-state index in [1.165, 1.54) is 38.5 Å². The SMILES string of the molecule is CCCCCCCCCCC(F)[P+](c1ccccc1)(c1ccccc1)c1ccccc1. The fraction of sp³-hybridized carbons (Fsp3) is 0.379. The van der Waals surface area contributed by atoms with Gasteiger partial charge in [-0.3, -0.25) is 0 Å². The molecule has 0 heterocycles. The fourth-order valence-electron chi connectivity index (χ4n) is 4.56. The second kappa shape index (κ2) is 12.8. The summed E-state index contributed by atoms with van der Waals surface area (Å²) in [5.74, 6) is -0.875. The van der Waals surface area contributed by atoms with Crippen LogP contribution in [0.2, 0.25) is 0 Å². The molecule has 3 aromatic rings. The predicted octanol–water partition coefficient (Wildman–Crippen LogP) is 7.81. The van der Waals surface area contributed by atoms with Crippen molar-refractivity contribution in [1.82, 2.24) is 0 Å². The van der Waals surface area contributed by atoms with Crippen molar-refractivity contribution in [2.45, 2.75) is 70.6 Å². The first-order valence-electron chi connectivity index (χ1n) is 12.0. The molecule has 3 rings (SSSR count). The Morgan fingerprint density at radius 2 is 0.903 bits per heavy atom. The first-order chi connectivity index (χ1) is 15.3. The van der Waals surface area contributed by atoms with Crippen LogP contribution in [0.1, 0.15) is 64.7 Å². The van der Waals surface area contributed by atoms with Crippen LogP contribution in [0.25, 0.3) is 0 Å². The number of benzene rings is 3. The van der Waals surface area contributed by atoms with Gasteiger partial charge in [-0.15, -0.1) is 0 Å². The molecule has 0 fully saturated rings. The van der Waals surface area contributed by atoms with Gasteiger partial charge in [-0.2, -0.15) is 0 Å². The zero-order valence-electron chi connectivity index (χ0n) is 18.9. The highest BCUT2D eigenvalue weighted by Crippen LogP contribution is 2.61. The lowest BCUT2D eigenvalue weighted by Crippen LogP contribution is -2.37. The minimum atomic E-state index is -2.38. The maximum Gasteiger partial charge on any atom is 0.219 e. The molecule has 0 nitrogen and oxygen atoms in total. The summed E-state index contributed by atoms with van der Waals surface area (Å²) < 4.78 is 16.5. The van der Waals surface area contributed by atoms with Crippen molar-refractivity contribution in [2.75, 3.05) is 0 Å². The molecule has 1 unspecified atom stereocenters. The molecule has 0 bridgehead atoms. The summed E-state index contributed by atoms with van der Waals surface area (Å²) in [5, 5.41) is 3.42. The van der Waals surface area contributed by atoms with Gasteiger partial charge in [0, 0.05) is 6.42 Å². The number of hydrogen-bond acceptors (Lipinski definition) is 0. The molecule has 0 radical (unpaired) electrons. The van der Waals surface area contributed by atoms with Crippen LogP contribution in [0.5, 0.6) is 0 Å². The smallest absolute Gasteiger partial charge is 0.201 e. The molecule has 0 aromatic heterocycles. The van der Waals surface area contributed by atoms with Gasteiger partial charge >= 0.3 is 0 Å². The third-order valence-corrected chi connectivity index (χ3v) is 10.6. The topological polar surface area (TPSA) is 0 Å². The van der Waals surface area contributed by atoms with Crippen molar-refractivity contribution in [3.05, 3.63) is 91.0 Å². The van der Waals surface area contributed by atoms with Crippen LogP contribution >= 0.6 is 7.26 Å². The molecule has 0 aliphatic heterocycles. The molecule has 0 amide bonds. The average molecular weight is 436 g/mol. The summed E-state index contributed by atoms with van der Waals surface area (Å²) in [7, 11) is -2.38. The minimum Gasteiger partial charge on any atom is -0.201 e. The summed E-state index contributed by atoms with van der Waals surface area (Å²) in [6, 6.07) is 31.2. The van der Waals surface area contributed by atoms with Gasteiger partial charge < -0.3 is 0 Å². The Kier molecular flexibility index (Phi) is 9.76. The zero-order chi connectivity index (χ0) is 21.8. The van der Waals surface area contributed by atoms with Gasteiger partial charge in [0.25, 0.3) is 0 Å². The average Bonchev–Trinajstić information content (AvgIpc) is 2.83. The fourth-order valence-corrected chi connectivity index (χ4v) is 8.92. The van der Waals surface area contributed by atoms with Crippen LogP contribution in [-0.4, -0.2) is 5.91 Å². The van der Waals surface area contributed by atoms with Gasteiger partial charge in [-0.25, -0.2) is 4.39 Å². The molecule has 164 valence electrons. The maximum absolute atomic E-state index is 16.5. The van der Waals surface area contributed by atoms with Crippen molar-refractivity contribution < 1.29 is 4.39 Å². The molecule has 31 heavy (non-hydrogen) atoms. The highest BCUT2D eigenvalue weighted by molar-refractivity contribution is 7.96. The van der Waals surface area contributed by atoms with Gasteiger partial charge in [-0.05, 0) is 42.8 Å². The highest BCUT2D eigenvalue weighted by Gasteiger charge is 2.52. The monoisotopic (exact) mass is 435 g/mol. The molecule has 0 spiro atoms. The quantitative estimate of drug-likeness (QED) is 0.190. The van der Waals surface area contributed by atoms with Crippen molar-refractivity contribution in [3.8, 4) is 0 Å². The second-order valence-corrected chi connectivity index (χ2v) is 12.0. The van der Waals surface area contributed by atoms with E-state index >= 15 is 4.39 Å². The number of alkyl halides is 1. The summed E-state index contributed by atoms with van der Waals surface area (Å²) in [6.45, 7) is 2.25. The maximum atomic E-state index is 16.5. The molecular formula is C29H37FP+. The minimum absolute atomic E-state index is 0.626. The second-order valence-electron chi connectivity index (χ2n) is 8.43. The third-order valence-electron chi connectivity index (χ3n) is 6.21. The normalized spacial score (nSPS) is 12.6. The molecule has 0 aliphatic rings. The predicted molar refractivity (Wildman–Crippen MR) is 137 cm³/mol. The molecule has 0 saturated heterocycles. The standard InChI is InChI=1S/C29H37FP/c1-2-3-4-5-6-7-8-18-25-29(30)31(26-19-12-9-13-20-26,27-21-14-10-15-22-27)28-23-16-11-17-24-28/h9-17,19-24,29H,2-8,18,25H2,1H3/q+1. The van der Waals surface area contributed by atoms with E-state index in [1.807, 2.05) is 18.2 Å². The van der Waals surface area contributed by atoms with E-state index in [4.69, 9.17) is 0 Å². The summed E-state index contributed by atoms with van der Waals surface area (Å²) in [5.41, 5.74) is 0. The molecular weight excluding hydrogens is 398 g/mol. The van der Waals surface area contributed by atoms with Crippen molar-refractivity contribution >= 4 is 23.2 Å². The van der Waals surface area contributed by atoms with Gasteiger partial charge in [0.15, 0.2) is 0 Å². The molecule has 1 atom stereocenters. The Hall–Kier alpha value is -1.98. The van der Waals surface area contributed by atoms with E-state index in [-0.39, 0.29) is 0 Å². The van der Waals surface area contributed by atoms with Crippen LogP contribution in [0.15, 0.2) is 91.0 Å². The van der Waals surface area contributed by atoms with Crippen LogP contribution in [-0.2, 0) is 0 Å². The van der Waals surface area contributed by atoms with Crippen molar-refractivity contribution in [3.63, 3.8) is 0 Å². The van der Waals surface area contributed by atoms with Crippen LogP contribution < -0.4 is 15.9 Å². The van der Waals surface area contributed by atoms with Crippen LogP contribution in [0.4, 0.5) is 4.39 Å². The lowest BCUT2D eigenvalue weighted by molar-refractivity contribution is 0.404. The zero-order valence-corrected chi connectivity index (χ0v) is 19.8. The van der Waals surface area contributed by atoms with E-state index < -0.39 is 13.2 Å².